The molecule has 2 N–H and O–H groups in total. The molecule has 4 aromatic rings. The van der Waals surface area contributed by atoms with Gasteiger partial charge in [-0.3, -0.25) is 0 Å². The second-order valence-electron chi connectivity index (χ2n) is 6.74. The summed E-state index contributed by atoms with van der Waals surface area (Å²) in [6, 6.07) is 21.5. The van der Waals surface area contributed by atoms with Gasteiger partial charge in [-0.1, -0.05) is 78.6 Å². The molecule has 1 aromatic heterocycles. The molecule has 0 fully saturated rings. The maximum atomic E-state index is 5.53. The van der Waals surface area contributed by atoms with Gasteiger partial charge in [-0.05, 0) is 46.9 Å². The van der Waals surface area contributed by atoms with Crippen LogP contribution in [0.1, 0.15) is 16.7 Å². The van der Waals surface area contributed by atoms with Gasteiger partial charge in [0.1, 0.15) is 4.32 Å². The van der Waals surface area contributed by atoms with E-state index in [1.807, 2.05) is 0 Å². The summed E-state index contributed by atoms with van der Waals surface area (Å²) in [6.07, 6.45) is 3.06. The monoisotopic (exact) mass is 390 g/mol. The van der Waals surface area contributed by atoms with Crippen LogP contribution in [0.5, 0.6) is 0 Å². The first kappa shape index (κ1) is 18.1. The number of nitrogens with one attached hydrogen (secondary N) is 2. The zero-order valence-corrected chi connectivity index (χ0v) is 16.9. The van der Waals surface area contributed by atoms with Gasteiger partial charge in [0.15, 0.2) is 0 Å². The van der Waals surface area contributed by atoms with Crippen LogP contribution in [-0.2, 0) is 12.2 Å². The summed E-state index contributed by atoms with van der Waals surface area (Å²) >= 11 is 7.23. The van der Waals surface area contributed by atoms with Gasteiger partial charge in [0, 0.05) is 29.4 Å². The fraction of sp³-hybridized carbons (Fsp3) is 0.174. The molecule has 0 amide bonds. The number of thioether (sulfide) groups is 1. The Labute approximate surface area is 169 Å². The van der Waals surface area contributed by atoms with Crippen molar-refractivity contribution in [3.63, 3.8) is 0 Å². The third kappa shape index (κ3) is 4.18. The molecule has 0 spiro atoms. The number of aryl methyl sites for hydroxylation is 1. The second-order valence-corrected chi connectivity index (χ2v) is 8.39. The number of fused-ring (bicyclic) bond motifs is 2. The summed E-state index contributed by atoms with van der Waals surface area (Å²) in [5, 5.41) is 7.27. The van der Waals surface area contributed by atoms with Crippen molar-refractivity contribution in [3.8, 4) is 0 Å². The van der Waals surface area contributed by atoms with Crippen LogP contribution in [0, 0.1) is 6.92 Å². The summed E-state index contributed by atoms with van der Waals surface area (Å²) in [4.78, 5) is 3.33. The Morgan fingerprint density at radius 1 is 1.00 bits per heavy atom. The third-order valence-corrected chi connectivity index (χ3v) is 6.26. The van der Waals surface area contributed by atoms with Gasteiger partial charge >= 0.3 is 0 Å². The molecule has 0 saturated carbocycles. The Balaban J connectivity index is 1.31. The van der Waals surface area contributed by atoms with Crippen LogP contribution in [0.3, 0.4) is 0 Å². The van der Waals surface area contributed by atoms with Crippen LogP contribution >= 0.6 is 24.0 Å². The van der Waals surface area contributed by atoms with E-state index in [1.165, 1.54) is 38.4 Å². The van der Waals surface area contributed by atoms with Gasteiger partial charge in [0.05, 0.1) is 0 Å². The van der Waals surface area contributed by atoms with Crippen molar-refractivity contribution in [2.45, 2.75) is 19.1 Å². The number of thiocarbonyl (C=S) groups is 1. The number of aromatic amines is 1. The molecule has 0 unspecified atom stereocenters. The zero-order chi connectivity index (χ0) is 18.6. The smallest absolute Gasteiger partial charge is 0.134 e. The lowest BCUT2D eigenvalue weighted by molar-refractivity contribution is 0.887. The molecule has 0 aliphatic heterocycles. The quantitative estimate of drug-likeness (QED) is 0.411. The minimum Gasteiger partial charge on any atom is -0.371 e. The molecule has 3 aromatic carbocycles. The minimum absolute atomic E-state index is 0.852. The number of hydrogen-bond donors (Lipinski definition) is 2. The van der Waals surface area contributed by atoms with E-state index in [4.69, 9.17) is 12.2 Å². The molecule has 0 aliphatic rings. The maximum absolute atomic E-state index is 5.53. The molecule has 4 rings (SSSR count). The number of rotatable bonds is 5. The summed E-state index contributed by atoms with van der Waals surface area (Å²) in [5.74, 6) is 0.898. The Morgan fingerprint density at radius 2 is 1.74 bits per heavy atom. The predicted molar refractivity (Wildman–Crippen MR) is 123 cm³/mol. The molecule has 136 valence electrons. The van der Waals surface area contributed by atoms with Gasteiger partial charge < -0.3 is 10.3 Å². The van der Waals surface area contributed by atoms with Crippen molar-refractivity contribution in [1.82, 2.24) is 10.3 Å². The van der Waals surface area contributed by atoms with E-state index in [1.54, 1.807) is 11.8 Å². The molecule has 27 heavy (non-hydrogen) atoms. The Kier molecular flexibility index (Phi) is 5.46. The van der Waals surface area contributed by atoms with Crippen LogP contribution in [0.2, 0.25) is 0 Å². The Hall–Kier alpha value is -2.30. The van der Waals surface area contributed by atoms with Crippen molar-refractivity contribution in [2.75, 3.05) is 6.54 Å². The highest BCUT2D eigenvalue weighted by Gasteiger charge is 2.06. The zero-order valence-electron chi connectivity index (χ0n) is 15.3. The normalized spacial score (nSPS) is 11.1. The van der Waals surface area contributed by atoms with Crippen molar-refractivity contribution < 1.29 is 0 Å². The number of H-pyrrole nitrogens is 1. The first-order valence-corrected chi connectivity index (χ1v) is 10.5. The molecule has 0 aliphatic carbocycles. The van der Waals surface area contributed by atoms with Crippen LogP contribution in [0.25, 0.3) is 21.7 Å². The average molecular weight is 391 g/mol. The topological polar surface area (TPSA) is 27.8 Å². The number of benzene rings is 3. The van der Waals surface area contributed by atoms with Crippen molar-refractivity contribution in [2.24, 2.45) is 0 Å². The van der Waals surface area contributed by atoms with Gasteiger partial charge in [-0.2, -0.15) is 0 Å². The highest BCUT2D eigenvalue weighted by molar-refractivity contribution is 8.22. The average Bonchev–Trinajstić information content (AvgIpc) is 3.09. The molecule has 0 radical (unpaired) electrons. The van der Waals surface area contributed by atoms with Crippen LogP contribution in [-0.4, -0.2) is 15.8 Å². The Morgan fingerprint density at radius 3 is 2.59 bits per heavy atom. The van der Waals surface area contributed by atoms with Crippen molar-refractivity contribution in [1.29, 1.82) is 0 Å². The summed E-state index contributed by atoms with van der Waals surface area (Å²) in [7, 11) is 0. The first-order valence-electron chi connectivity index (χ1n) is 9.14. The van der Waals surface area contributed by atoms with E-state index in [0.717, 1.165) is 23.0 Å². The second kappa shape index (κ2) is 8.15. The van der Waals surface area contributed by atoms with Crippen LogP contribution in [0.4, 0.5) is 0 Å². The minimum atomic E-state index is 0.852. The number of hydrogen-bond acceptors (Lipinski definition) is 2. The third-order valence-electron chi connectivity index (χ3n) is 4.90. The summed E-state index contributed by atoms with van der Waals surface area (Å²) in [6.45, 7) is 3.03. The molecule has 4 heteroatoms. The maximum Gasteiger partial charge on any atom is 0.134 e. The lowest BCUT2D eigenvalue weighted by Crippen LogP contribution is -2.21. The first-order chi connectivity index (χ1) is 13.2. The molecule has 1 heterocycles. The molecule has 0 saturated heterocycles. The largest absolute Gasteiger partial charge is 0.371 e. The van der Waals surface area contributed by atoms with E-state index in [9.17, 15) is 0 Å². The van der Waals surface area contributed by atoms with Gasteiger partial charge in [-0.25, -0.2) is 0 Å². The van der Waals surface area contributed by atoms with Crippen LogP contribution in [0.15, 0.2) is 66.9 Å². The molecular formula is C23H22N2S2. The fourth-order valence-corrected chi connectivity index (χ4v) is 4.47. The predicted octanol–water partition coefficient (Wildman–Crippen LogP) is 5.98. The van der Waals surface area contributed by atoms with E-state index in [-0.39, 0.29) is 0 Å². The van der Waals surface area contributed by atoms with Crippen molar-refractivity contribution in [3.05, 3.63) is 83.6 Å². The lowest BCUT2D eigenvalue weighted by atomic mass is 10.0. The van der Waals surface area contributed by atoms with Crippen molar-refractivity contribution >= 4 is 50.0 Å². The van der Waals surface area contributed by atoms with E-state index >= 15 is 0 Å². The molecular weight excluding hydrogens is 368 g/mol. The molecule has 0 atom stereocenters. The van der Waals surface area contributed by atoms with Gasteiger partial charge in [-0.15, -0.1) is 0 Å². The van der Waals surface area contributed by atoms with E-state index < -0.39 is 0 Å². The highest BCUT2D eigenvalue weighted by atomic mass is 32.2. The van der Waals surface area contributed by atoms with Gasteiger partial charge in [0.25, 0.3) is 0 Å². The standard InChI is InChI=1S/C23H22N2S2/c1-16-12-17-6-2-3-7-18(17)13-20(16)15-27-23(26)24-11-10-19-14-25-22-9-5-4-8-21(19)22/h2-9,12-14,25H,10-11,15H2,1H3,(H,24,26). The fourth-order valence-electron chi connectivity index (χ4n) is 3.39. The molecule has 2 nitrogen and oxygen atoms in total. The van der Waals surface area contributed by atoms with Gasteiger partial charge in [0.2, 0.25) is 0 Å². The lowest BCUT2D eigenvalue weighted by Gasteiger charge is -2.10. The van der Waals surface area contributed by atoms with Crippen LogP contribution < -0.4 is 5.32 Å². The number of aromatic nitrogens is 1. The summed E-state index contributed by atoms with van der Waals surface area (Å²) in [5.41, 5.74) is 5.19. The van der Waals surface area contributed by atoms with E-state index in [0.29, 0.717) is 0 Å². The summed E-state index contributed by atoms with van der Waals surface area (Å²) < 4.78 is 0.863. The highest BCUT2D eigenvalue weighted by Crippen LogP contribution is 2.23. The Bertz CT molecular complexity index is 1100. The van der Waals surface area contributed by atoms with E-state index in [2.05, 4.69) is 84.1 Å². The number of para-hydroxylation sites is 1. The SMILES string of the molecule is Cc1cc2ccccc2cc1CSC(=S)NCCc1c[nH]c2ccccc12. The molecule has 0 bridgehead atoms.